The standard InChI is InChI=1S/C19H20F2N2O2/c1-25-13-5-7-14(17(21)9-13)12-4-6-15(16(20)8-12)19(24)23-18(10-22)11-2-3-11/h4-9,11,18H,2-3,10,22H2,1H3,(H,23,24). The molecule has 1 fully saturated rings. The number of rotatable bonds is 6. The Morgan fingerprint density at radius 1 is 1.24 bits per heavy atom. The first-order valence-electron chi connectivity index (χ1n) is 8.18. The van der Waals surface area contributed by atoms with Gasteiger partial charge in [-0.05, 0) is 48.6 Å². The van der Waals surface area contributed by atoms with Gasteiger partial charge in [0.05, 0.1) is 12.7 Å². The van der Waals surface area contributed by atoms with Crippen molar-refractivity contribution in [3.63, 3.8) is 0 Å². The minimum atomic E-state index is -0.697. The van der Waals surface area contributed by atoms with Gasteiger partial charge in [-0.3, -0.25) is 4.79 Å². The van der Waals surface area contributed by atoms with Gasteiger partial charge in [0.1, 0.15) is 17.4 Å². The Balaban J connectivity index is 1.82. The van der Waals surface area contributed by atoms with Crippen LogP contribution in [0.5, 0.6) is 5.75 Å². The van der Waals surface area contributed by atoms with Crippen LogP contribution in [0.4, 0.5) is 8.78 Å². The van der Waals surface area contributed by atoms with Gasteiger partial charge < -0.3 is 15.8 Å². The van der Waals surface area contributed by atoms with Crippen LogP contribution in [0.3, 0.4) is 0 Å². The Hall–Kier alpha value is -2.47. The maximum atomic E-state index is 14.4. The van der Waals surface area contributed by atoms with Crippen molar-refractivity contribution in [3.05, 3.63) is 53.6 Å². The Labute approximate surface area is 145 Å². The lowest BCUT2D eigenvalue weighted by molar-refractivity contribution is 0.0929. The number of hydrogen-bond donors (Lipinski definition) is 2. The molecule has 1 amide bonds. The monoisotopic (exact) mass is 346 g/mol. The van der Waals surface area contributed by atoms with Gasteiger partial charge in [-0.1, -0.05) is 6.07 Å². The normalized spacial score (nSPS) is 14.9. The number of halogens is 2. The molecule has 1 aliphatic carbocycles. The summed E-state index contributed by atoms with van der Waals surface area (Å²) in [5, 5.41) is 2.78. The highest BCUT2D eigenvalue weighted by molar-refractivity contribution is 5.95. The number of nitrogens with two attached hydrogens (primary N) is 1. The van der Waals surface area contributed by atoms with Gasteiger partial charge >= 0.3 is 0 Å². The van der Waals surface area contributed by atoms with E-state index in [1.165, 1.54) is 31.4 Å². The molecule has 132 valence electrons. The zero-order valence-electron chi connectivity index (χ0n) is 13.9. The van der Waals surface area contributed by atoms with E-state index in [-0.39, 0.29) is 17.2 Å². The van der Waals surface area contributed by atoms with Crippen molar-refractivity contribution >= 4 is 5.91 Å². The third kappa shape index (κ3) is 3.79. The molecule has 0 spiro atoms. The van der Waals surface area contributed by atoms with Crippen molar-refractivity contribution in [3.8, 4) is 16.9 Å². The smallest absolute Gasteiger partial charge is 0.254 e. The van der Waals surface area contributed by atoms with Crippen LogP contribution in [0, 0.1) is 17.6 Å². The van der Waals surface area contributed by atoms with E-state index in [2.05, 4.69) is 5.32 Å². The third-order valence-corrected chi connectivity index (χ3v) is 4.46. The molecule has 1 saturated carbocycles. The molecule has 25 heavy (non-hydrogen) atoms. The molecular weight excluding hydrogens is 326 g/mol. The minimum Gasteiger partial charge on any atom is -0.497 e. The summed E-state index contributed by atoms with van der Waals surface area (Å²) in [5.41, 5.74) is 6.18. The first kappa shape index (κ1) is 17.4. The number of amides is 1. The number of methoxy groups -OCH3 is 1. The predicted octanol–water partition coefficient (Wildman–Crippen LogP) is 3.11. The fraction of sp³-hybridized carbons (Fsp3) is 0.316. The lowest BCUT2D eigenvalue weighted by Crippen LogP contribution is -2.42. The first-order valence-corrected chi connectivity index (χ1v) is 8.18. The summed E-state index contributed by atoms with van der Waals surface area (Å²) in [6.45, 7) is 0.327. The maximum Gasteiger partial charge on any atom is 0.254 e. The van der Waals surface area contributed by atoms with E-state index in [0.29, 0.717) is 23.8 Å². The number of ether oxygens (including phenoxy) is 1. The number of benzene rings is 2. The van der Waals surface area contributed by atoms with E-state index >= 15 is 0 Å². The summed E-state index contributed by atoms with van der Waals surface area (Å²) in [6.07, 6.45) is 2.06. The second-order valence-corrected chi connectivity index (χ2v) is 6.19. The van der Waals surface area contributed by atoms with Crippen molar-refractivity contribution in [2.24, 2.45) is 11.7 Å². The molecule has 0 aliphatic heterocycles. The zero-order chi connectivity index (χ0) is 18.0. The molecule has 0 saturated heterocycles. The third-order valence-electron chi connectivity index (χ3n) is 4.46. The molecule has 1 unspecified atom stereocenters. The Kier molecular flexibility index (Phi) is 4.99. The highest BCUT2D eigenvalue weighted by Crippen LogP contribution is 2.32. The van der Waals surface area contributed by atoms with Gasteiger partial charge in [-0.2, -0.15) is 0 Å². The Bertz CT molecular complexity index is 791. The molecule has 3 N–H and O–H groups in total. The van der Waals surface area contributed by atoms with E-state index in [0.717, 1.165) is 18.9 Å². The van der Waals surface area contributed by atoms with Gasteiger partial charge in [0.2, 0.25) is 0 Å². The highest BCUT2D eigenvalue weighted by atomic mass is 19.1. The highest BCUT2D eigenvalue weighted by Gasteiger charge is 2.31. The van der Waals surface area contributed by atoms with Gasteiger partial charge in [-0.25, -0.2) is 8.78 Å². The summed E-state index contributed by atoms with van der Waals surface area (Å²) in [7, 11) is 1.44. The van der Waals surface area contributed by atoms with Crippen LogP contribution < -0.4 is 15.8 Å². The molecule has 2 aromatic rings. The minimum absolute atomic E-state index is 0.0724. The van der Waals surface area contributed by atoms with E-state index in [1.54, 1.807) is 6.07 Å². The quantitative estimate of drug-likeness (QED) is 0.845. The Morgan fingerprint density at radius 2 is 2.00 bits per heavy atom. The summed E-state index contributed by atoms with van der Waals surface area (Å²) < 4.78 is 33.5. The van der Waals surface area contributed by atoms with Crippen LogP contribution >= 0.6 is 0 Å². The average Bonchev–Trinajstić information content (AvgIpc) is 3.44. The molecule has 0 aromatic heterocycles. The molecule has 4 nitrogen and oxygen atoms in total. The van der Waals surface area contributed by atoms with Crippen molar-refractivity contribution in [1.29, 1.82) is 0 Å². The first-order chi connectivity index (χ1) is 12.0. The lowest BCUT2D eigenvalue weighted by Gasteiger charge is -2.16. The van der Waals surface area contributed by atoms with E-state index in [1.807, 2.05) is 0 Å². The molecule has 1 aliphatic rings. The molecule has 6 heteroatoms. The second kappa shape index (κ2) is 7.19. The molecule has 0 radical (unpaired) electrons. The second-order valence-electron chi connectivity index (χ2n) is 6.19. The SMILES string of the molecule is COc1ccc(-c2ccc(C(=O)NC(CN)C3CC3)c(F)c2)c(F)c1. The summed E-state index contributed by atoms with van der Waals surface area (Å²) in [5.74, 6) is -0.957. The van der Waals surface area contributed by atoms with Crippen LogP contribution in [0.15, 0.2) is 36.4 Å². The lowest BCUT2D eigenvalue weighted by atomic mass is 10.0. The predicted molar refractivity (Wildman–Crippen MR) is 91.4 cm³/mol. The van der Waals surface area contributed by atoms with E-state index in [9.17, 15) is 13.6 Å². The van der Waals surface area contributed by atoms with Gasteiger partial charge in [0, 0.05) is 24.2 Å². The van der Waals surface area contributed by atoms with Crippen LogP contribution in [-0.2, 0) is 0 Å². The number of hydrogen-bond acceptors (Lipinski definition) is 3. The molecule has 0 heterocycles. The van der Waals surface area contributed by atoms with Crippen molar-refractivity contribution in [2.45, 2.75) is 18.9 Å². The van der Waals surface area contributed by atoms with Crippen LogP contribution in [-0.4, -0.2) is 25.6 Å². The fourth-order valence-corrected chi connectivity index (χ4v) is 2.84. The van der Waals surface area contributed by atoms with Crippen LogP contribution in [0.25, 0.3) is 11.1 Å². The summed E-state index contributed by atoms with van der Waals surface area (Å²) in [6, 6.07) is 8.26. The van der Waals surface area contributed by atoms with Crippen molar-refractivity contribution in [1.82, 2.24) is 5.32 Å². The van der Waals surface area contributed by atoms with Crippen LogP contribution in [0.1, 0.15) is 23.2 Å². The zero-order valence-corrected chi connectivity index (χ0v) is 13.9. The molecule has 3 rings (SSSR count). The van der Waals surface area contributed by atoms with Gasteiger partial charge in [0.25, 0.3) is 5.91 Å². The van der Waals surface area contributed by atoms with Crippen molar-refractivity contribution < 1.29 is 18.3 Å². The molecule has 0 bridgehead atoms. The van der Waals surface area contributed by atoms with Crippen molar-refractivity contribution in [2.75, 3.05) is 13.7 Å². The van der Waals surface area contributed by atoms with Crippen LogP contribution in [0.2, 0.25) is 0 Å². The molecular formula is C19H20F2N2O2. The maximum absolute atomic E-state index is 14.4. The molecule has 1 atom stereocenters. The topological polar surface area (TPSA) is 64.3 Å². The van der Waals surface area contributed by atoms with E-state index < -0.39 is 17.5 Å². The molecule has 2 aromatic carbocycles. The Morgan fingerprint density at radius 3 is 2.56 bits per heavy atom. The number of nitrogens with one attached hydrogen (secondary N) is 1. The summed E-state index contributed by atoms with van der Waals surface area (Å²) in [4.78, 5) is 12.3. The number of carbonyl (C=O) groups excluding carboxylic acids is 1. The summed E-state index contributed by atoms with van der Waals surface area (Å²) >= 11 is 0. The fourth-order valence-electron chi connectivity index (χ4n) is 2.84. The number of carbonyl (C=O) groups is 1. The van der Waals surface area contributed by atoms with Gasteiger partial charge in [0.15, 0.2) is 0 Å². The van der Waals surface area contributed by atoms with E-state index in [4.69, 9.17) is 10.5 Å². The average molecular weight is 346 g/mol. The largest absolute Gasteiger partial charge is 0.497 e. The van der Waals surface area contributed by atoms with Gasteiger partial charge in [-0.15, -0.1) is 0 Å².